The van der Waals surface area contributed by atoms with E-state index in [2.05, 4.69) is 5.32 Å². The maximum atomic E-state index is 12.3. The molecular formula is C16H22N2O5. The van der Waals surface area contributed by atoms with Gasteiger partial charge in [-0.1, -0.05) is 6.42 Å². The van der Waals surface area contributed by atoms with E-state index in [0.29, 0.717) is 25.9 Å². The molecule has 1 saturated heterocycles. The van der Waals surface area contributed by atoms with Crippen LogP contribution < -0.4 is 5.32 Å². The summed E-state index contributed by atoms with van der Waals surface area (Å²) in [5.74, 6) is -1.01. The van der Waals surface area contributed by atoms with Gasteiger partial charge in [0.25, 0.3) is 5.91 Å². The fraction of sp³-hybridized carbons (Fsp3) is 0.750. The second-order valence-electron chi connectivity index (χ2n) is 6.70. The number of rotatable bonds is 3. The maximum Gasteiger partial charge on any atom is 0.324 e. The topological polar surface area (TPSA) is 92.8 Å². The molecule has 3 unspecified atom stereocenters. The van der Waals surface area contributed by atoms with E-state index in [0.717, 1.165) is 24.2 Å². The number of nitrogens with one attached hydrogen (secondary N) is 1. The fourth-order valence-electron chi connectivity index (χ4n) is 3.89. The van der Waals surface area contributed by atoms with E-state index in [9.17, 15) is 19.2 Å². The Labute approximate surface area is 134 Å². The number of carbonyl (C=O) groups excluding carboxylic acids is 4. The number of ether oxygens (including phenoxy) is 1. The van der Waals surface area contributed by atoms with E-state index < -0.39 is 24.0 Å². The number of urea groups is 1. The molecule has 3 rings (SSSR count). The Kier molecular flexibility index (Phi) is 4.37. The van der Waals surface area contributed by atoms with Crippen molar-refractivity contribution in [1.29, 1.82) is 0 Å². The van der Waals surface area contributed by atoms with Crippen LogP contribution in [-0.4, -0.2) is 47.8 Å². The average molecular weight is 322 g/mol. The number of esters is 1. The molecule has 126 valence electrons. The molecule has 1 heterocycles. The molecule has 7 nitrogen and oxygen atoms in total. The van der Waals surface area contributed by atoms with Gasteiger partial charge in [0.05, 0.1) is 5.92 Å². The normalized spacial score (nSPS) is 31.5. The molecule has 0 spiro atoms. The third kappa shape index (κ3) is 3.09. The number of Topliss-reactive ketones (excluding diaryl/α,β-unsaturated/α-hetero) is 1. The number of amides is 3. The van der Waals surface area contributed by atoms with Crippen molar-refractivity contribution in [1.82, 2.24) is 10.2 Å². The number of nitrogens with zero attached hydrogens (tertiary/aromatic N) is 1. The molecule has 2 bridgehead atoms. The Balaban J connectivity index is 1.57. The SMILES string of the molecule is CC(OC(=O)C1CC2CCCC(C1)C2=O)C(=O)N1CCNC1=O. The average Bonchev–Trinajstić information content (AvgIpc) is 2.92. The third-order valence-corrected chi connectivity index (χ3v) is 5.14. The van der Waals surface area contributed by atoms with E-state index in [1.807, 2.05) is 0 Å². The van der Waals surface area contributed by atoms with Crippen molar-refractivity contribution in [3.63, 3.8) is 0 Å². The van der Waals surface area contributed by atoms with E-state index in [4.69, 9.17) is 4.74 Å². The van der Waals surface area contributed by atoms with Gasteiger partial charge in [-0.2, -0.15) is 0 Å². The maximum absolute atomic E-state index is 12.3. The molecule has 3 amide bonds. The number of ketones is 1. The molecule has 23 heavy (non-hydrogen) atoms. The van der Waals surface area contributed by atoms with Gasteiger partial charge in [-0.15, -0.1) is 0 Å². The van der Waals surface area contributed by atoms with E-state index in [-0.39, 0.29) is 23.5 Å². The van der Waals surface area contributed by atoms with Crippen LogP contribution in [0, 0.1) is 17.8 Å². The van der Waals surface area contributed by atoms with Gasteiger partial charge in [-0.3, -0.25) is 19.3 Å². The van der Waals surface area contributed by atoms with Gasteiger partial charge in [-0.05, 0) is 32.6 Å². The first kappa shape index (κ1) is 16.0. The number of imide groups is 1. The summed E-state index contributed by atoms with van der Waals surface area (Å²) in [7, 11) is 0. The highest BCUT2D eigenvalue weighted by atomic mass is 16.5. The zero-order valence-corrected chi connectivity index (χ0v) is 13.2. The summed E-state index contributed by atoms with van der Waals surface area (Å²) in [6.07, 6.45) is 2.81. The van der Waals surface area contributed by atoms with Gasteiger partial charge in [-0.25, -0.2) is 4.79 Å². The van der Waals surface area contributed by atoms with Crippen LogP contribution in [0.15, 0.2) is 0 Å². The van der Waals surface area contributed by atoms with Gasteiger partial charge in [0.1, 0.15) is 5.78 Å². The van der Waals surface area contributed by atoms with E-state index >= 15 is 0 Å². The monoisotopic (exact) mass is 322 g/mol. The third-order valence-electron chi connectivity index (χ3n) is 5.14. The Bertz CT molecular complexity index is 531. The summed E-state index contributed by atoms with van der Waals surface area (Å²) < 4.78 is 5.29. The van der Waals surface area contributed by atoms with Crippen molar-refractivity contribution in [2.45, 2.75) is 45.1 Å². The molecule has 3 fully saturated rings. The first-order valence-corrected chi connectivity index (χ1v) is 8.30. The zero-order chi connectivity index (χ0) is 16.6. The summed E-state index contributed by atoms with van der Waals surface area (Å²) in [6, 6.07) is -0.448. The van der Waals surface area contributed by atoms with Gasteiger partial charge in [0.15, 0.2) is 6.10 Å². The highest BCUT2D eigenvalue weighted by Crippen LogP contribution is 2.40. The lowest BCUT2D eigenvalue weighted by molar-refractivity contribution is -0.164. The van der Waals surface area contributed by atoms with Crippen LogP contribution in [0.5, 0.6) is 0 Å². The van der Waals surface area contributed by atoms with Gasteiger partial charge >= 0.3 is 12.0 Å². The summed E-state index contributed by atoms with van der Waals surface area (Å²) in [6.45, 7) is 2.20. The van der Waals surface area contributed by atoms with Crippen LogP contribution in [0.25, 0.3) is 0 Å². The summed E-state index contributed by atoms with van der Waals surface area (Å²) >= 11 is 0. The van der Waals surface area contributed by atoms with Crippen molar-refractivity contribution < 1.29 is 23.9 Å². The Morgan fingerprint density at radius 2 is 1.87 bits per heavy atom. The molecule has 0 aromatic carbocycles. The number of hydrogen-bond acceptors (Lipinski definition) is 5. The molecule has 0 aromatic rings. The molecular weight excluding hydrogens is 300 g/mol. The van der Waals surface area contributed by atoms with Crippen molar-refractivity contribution in [3.8, 4) is 0 Å². The molecule has 2 aliphatic carbocycles. The highest BCUT2D eigenvalue weighted by Gasteiger charge is 2.42. The lowest BCUT2D eigenvalue weighted by Crippen LogP contribution is -2.44. The zero-order valence-electron chi connectivity index (χ0n) is 13.2. The number of fused-ring (bicyclic) bond motifs is 2. The van der Waals surface area contributed by atoms with Crippen LogP contribution in [-0.2, 0) is 19.1 Å². The summed E-state index contributed by atoms with van der Waals surface area (Å²) in [5, 5.41) is 2.54. The molecule has 7 heteroatoms. The quantitative estimate of drug-likeness (QED) is 0.778. The highest BCUT2D eigenvalue weighted by molar-refractivity contribution is 5.98. The predicted octanol–water partition coefficient (Wildman–Crippen LogP) is 0.865. The Morgan fingerprint density at radius 3 is 2.43 bits per heavy atom. The van der Waals surface area contributed by atoms with Crippen LogP contribution in [0.3, 0.4) is 0 Å². The lowest BCUT2D eigenvalue weighted by Gasteiger charge is -2.36. The summed E-state index contributed by atoms with van der Waals surface area (Å²) in [5.41, 5.74) is 0. The summed E-state index contributed by atoms with van der Waals surface area (Å²) in [4.78, 5) is 49.1. The smallest absolute Gasteiger partial charge is 0.324 e. The second kappa shape index (κ2) is 6.29. The van der Waals surface area contributed by atoms with Crippen LogP contribution in [0.4, 0.5) is 4.79 Å². The molecule has 3 atom stereocenters. The van der Waals surface area contributed by atoms with Crippen LogP contribution in [0.1, 0.15) is 39.0 Å². The first-order valence-electron chi connectivity index (χ1n) is 8.30. The van der Waals surface area contributed by atoms with Crippen molar-refractivity contribution >= 4 is 23.7 Å². The van der Waals surface area contributed by atoms with Gasteiger partial charge < -0.3 is 10.1 Å². The Hall–Kier alpha value is -1.92. The number of hydrogen-bond donors (Lipinski definition) is 1. The standard InChI is InChI=1S/C16H22N2O5/c1-9(14(20)18-6-5-17-16(18)22)23-15(21)12-7-10-3-2-4-11(8-12)13(10)19/h9-12H,2-8H2,1H3,(H,17,22). The van der Waals surface area contributed by atoms with Gasteiger partial charge in [0.2, 0.25) is 0 Å². The van der Waals surface area contributed by atoms with Crippen molar-refractivity contribution in [2.24, 2.45) is 17.8 Å². The first-order chi connectivity index (χ1) is 11.0. The second-order valence-corrected chi connectivity index (χ2v) is 6.70. The molecule has 0 aromatic heterocycles. The van der Waals surface area contributed by atoms with E-state index in [1.165, 1.54) is 6.92 Å². The molecule has 1 N–H and O–H groups in total. The van der Waals surface area contributed by atoms with Crippen molar-refractivity contribution in [2.75, 3.05) is 13.1 Å². The van der Waals surface area contributed by atoms with Crippen LogP contribution in [0.2, 0.25) is 0 Å². The lowest BCUT2D eigenvalue weighted by atomic mass is 9.67. The van der Waals surface area contributed by atoms with Crippen LogP contribution >= 0.6 is 0 Å². The van der Waals surface area contributed by atoms with Crippen molar-refractivity contribution in [3.05, 3.63) is 0 Å². The van der Waals surface area contributed by atoms with Gasteiger partial charge in [0, 0.05) is 24.9 Å². The minimum atomic E-state index is -0.983. The molecule has 0 radical (unpaired) electrons. The largest absolute Gasteiger partial charge is 0.452 e. The molecule has 1 aliphatic heterocycles. The Morgan fingerprint density at radius 1 is 1.22 bits per heavy atom. The number of carbonyl (C=O) groups is 4. The van der Waals surface area contributed by atoms with E-state index in [1.54, 1.807) is 0 Å². The minimum Gasteiger partial charge on any atom is -0.452 e. The minimum absolute atomic E-state index is 0.0320. The fourth-order valence-corrected chi connectivity index (χ4v) is 3.89. The predicted molar refractivity (Wildman–Crippen MR) is 79.2 cm³/mol. The molecule has 3 aliphatic rings. The molecule has 2 saturated carbocycles.